The molecule has 0 spiro atoms. The standard InChI is InChI=1S/C11H22.2CHNO/c1-3-5-8-11(4-2)9-6-7-10-11;2*2-1-3/h3-10H2,1-2H3;2*2H. The highest BCUT2D eigenvalue weighted by molar-refractivity contribution is 5.26. The van der Waals surface area contributed by atoms with Crippen LogP contribution in [0.2, 0.25) is 0 Å². The van der Waals surface area contributed by atoms with Gasteiger partial charge in [0, 0.05) is 0 Å². The lowest BCUT2D eigenvalue weighted by Crippen LogP contribution is -2.14. The Labute approximate surface area is 104 Å². The molecule has 98 valence electrons. The van der Waals surface area contributed by atoms with Crippen molar-refractivity contribution < 1.29 is 9.59 Å². The van der Waals surface area contributed by atoms with Crippen molar-refractivity contribution in [3.05, 3.63) is 0 Å². The molecule has 0 bridgehead atoms. The molecule has 0 saturated heterocycles. The van der Waals surface area contributed by atoms with Crippen molar-refractivity contribution in [3.8, 4) is 0 Å². The minimum Gasteiger partial charge on any atom is -0.222 e. The lowest BCUT2D eigenvalue weighted by Gasteiger charge is -2.27. The van der Waals surface area contributed by atoms with E-state index in [2.05, 4.69) is 13.8 Å². The summed E-state index contributed by atoms with van der Waals surface area (Å²) in [5, 5.41) is 10.8. The molecule has 0 aromatic rings. The van der Waals surface area contributed by atoms with E-state index in [-0.39, 0.29) is 0 Å². The third-order valence-corrected chi connectivity index (χ3v) is 3.47. The molecule has 0 heterocycles. The van der Waals surface area contributed by atoms with E-state index in [1.54, 1.807) is 0 Å². The molecule has 17 heavy (non-hydrogen) atoms. The minimum absolute atomic E-state index is 0.750. The van der Waals surface area contributed by atoms with Gasteiger partial charge in [-0.3, -0.25) is 0 Å². The van der Waals surface area contributed by atoms with Crippen LogP contribution in [0.4, 0.5) is 0 Å². The summed E-state index contributed by atoms with van der Waals surface area (Å²) in [4.78, 5) is 16.7. The zero-order chi connectivity index (χ0) is 13.6. The Balaban J connectivity index is 0. The van der Waals surface area contributed by atoms with Crippen molar-refractivity contribution in [2.24, 2.45) is 5.41 Å². The van der Waals surface area contributed by atoms with Gasteiger partial charge in [0.2, 0.25) is 12.2 Å². The van der Waals surface area contributed by atoms with Crippen molar-refractivity contribution in [1.82, 2.24) is 0 Å². The first kappa shape index (κ1) is 18.1. The maximum Gasteiger partial charge on any atom is 0.231 e. The maximum atomic E-state index is 8.35. The summed E-state index contributed by atoms with van der Waals surface area (Å²) in [6, 6.07) is 0. The van der Waals surface area contributed by atoms with Crippen molar-refractivity contribution in [3.63, 3.8) is 0 Å². The van der Waals surface area contributed by atoms with Gasteiger partial charge in [-0.05, 0) is 24.7 Å². The van der Waals surface area contributed by atoms with Gasteiger partial charge in [-0.2, -0.15) is 0 Å². The lowest BCUT2D eigenvalue weighted by atomic mass is 9.79. The molecular weight excluding hydrogens is 216 g/mol. The van der Waals surface area contributed by atoms with E-state index in [4.69, 9.17) is 20.4 Å². The van der Waals surface area contributed by atoms with Crippen LogP contribution in [0.25, 0.3) is 0 Å². The van der Waals surface area contributed by atoms with Crippen LogP contribution in [0.1, 0.15) is 65.2 Å². The second kappa shape index (κ2) is 12.8. The van der Waals surface area contributed by atoms with E-state index in [1.807, 2.05) is 0 Å². The van der Waals surface area contributed by atoms with Crippen LogP contribution in [-0.2, 0) is 9.59 Å². The lowest BCUT2D eigenvalue weighted by molar-refractivity contribution is 0.252. The zero-order valence-corrected chi connectivity index (χ0v) is 11.0. The van der Waals surface area contributed by atoms with E-state index >= 15 is 0 Å². The van der Waals surface area contributed by atoms with Crippen molar-refractivity contribution in [1.29, 1.82) is 10.8 Å². The smallest absolute Gasteiger partial charge is 0.222 e. The minimum atomic E-state index is 0.750. The van der Waals surface area contributed by atoms with Crippen LogP contribution in [0.5, 0.6) is 0 Å². The second-order valence-electron chi connectivity index (χ2n) is 4.37. The molecule has 1 aliphatic carbocycles. The number of hydrogen-bond acceptors (Lipinski definition) is 4. The normalized spacial score (nSPS) is 15.4. The summed E-state index contributed by atoms with van der Waals surface area (Å²) < 4.78 is 0. The molecule has 0 atom stereocenters. The van der Waals surface area contributed by atoms with Crippen molar-refractivity contribution in [2.45, 2.75) is 65.2 Å². The molecular formula is C13H24N2O2. The highest BCUT2D eigenvalue weighted by Gasteiger charge is 2.30. The molecule has 0 aromatic carbocycles. The van der Waals surface area contributed by atoms with Gasteiger partial charge >= 0.3 is 0 Å². The molecule has 0 unspecified atom stereocenters. The predicted octanol–water partition coefficient (Wildman–Crippen LogP) is 3.95. The fraction of sp³-hybridized carbons (Fsp3) is 0.846. The second-order valence-corrected chi connectivity index (χ2v) is 4.37. The van der Waals surface area contributed by atoms with Gasteiger partial charge in [0.05, 0.1) is 0 Å². The summed E-state index contributed by atoms with van der Waals surface area (Å²) in [5.74, 6) is 0. The number of unbranched alkanes of at least 4 members (excludes halogenated alkanes) is 1. The van der Waals surface area contributed by atoms with Crippen LogP contribution in [0.15, 0.2) is 0 Å². The van der Waals surface area contributed by atoms with Crippen molar-refractivity contribution >= 4 is 12.2 Å². The Hall–Kier alpha value is -1.24. The van der Waals surface area contributed by atoms with Crippen molar-refractivity contribution in [2.75, 3.05) is 0 Å². The van der Waals surface area contributed by atoms with Gasteiger partial charge in [0.25, 0.3) is 0 Å². The first-order valence-corrected chi connectivity index (χ1v) is 6.24. The quantitative estimate of drug-likeness (QED) is 0.576. The predicted molar refractivity (Wildman–Crippen MR) is 67.5 cm³/mol. The Kier molecular flexibility index (Phi) is 13.7. The highest BCUT2D eigenvalue weighted by Crippen LogP contribution is 2.44. The highest BCUT2D eigenvalue weighted by atomic mass is 16.1. The average molecular weight is 240 g/mol. The SMILES string of the molecule is CCCCC1(CC)CCCC1.N=C=O.N=C=O. The molecule has 0 radical (unpaired) electrons. The molecule has 0 aliphatic heterocycles. The third kappa shape index (κ3) is 9.68. The van der Waals surface area contributed by atoms with Crippen LogP contribution >= 0.6 is 0 Å². The topological polar surface area (TPSA) is 81.8 Å². The van der Waals surface area contributed by atoms with Gasteiger partial charge in [-0.1, -0.05) is 46.0 Å². The van der Waals surface area contributed by atoms with Crippen LogP contribution in [-0.4, -0.2) is 12.2 Å². The fourth-order valence-corrected chi connectivity index (χ4v) is 2.46. The monoisotopic (exact) mass is 240 g/mol. The first-order valence-electron chi connectivity index (χ1n) is 6.24. The summed E-state index contributed by atoms with van der Waals surface area (Å²) in [7, 11) is 0. The van der Waals surface area contributed by atoms with E-state index in [0.29, 0.717) is 0 Å². The van der Waals surface area contributed by atoms with Crippen LogP contribution in [0.3, 0.4) is 0 Å². The largest absolute Gasteiger partial charge is 0.231 e. The van der Waals surface area contributed by atoms with Gasteiger partial charge in [0.15, 0.2) is 0 Å². The third-order valence-electron chi connectivity index (χ3n) is 3.47. The number of carbonyl (C=O) groups excluding carboxylic acids is 2. The Morgan fingerprint density at radius 1 is 1.06 bits per heavy atom. The molecule has 0 amide bonds. The summed E-state index contributed by atoms with van der Waals surface area (Å²) in [5.41, 5.74) is 0.788. The summed E-state index contributed by atoms with van der Waals surface area (Å²) in [6.07, 6.45) is 13.3. The van der Waals surface area contributed by atoms with E-state index in [1.165, 1.54) is 51.4 Å². The van der Waals surface area contributed by atoms with E-state index in [9.17, 15) is 0 Å². The number of hydrogen-bond donors (Lipinski definition) is 2. The van der Waals surface area contributed by atoms with Crippen LogP contribution < -0.4 is 0 Å². The zero-order valence-electron chi connectivity index (χ0n) is 11.0. The molecule has 1 aliphatic rings. The Bertz CT molecular complexity index is 222. The Morgan fingerprint density at radius 3 is 1.76 bits per heavy atom. The Morgan fingerprint density at radius 2 is 1.47 bits per heavy atom. The average Bonchev–Trinajstić information content (AvgIpc) is 2.78. The number of isocyanates is 2. The van der Waals surface area contributed by atoms with Gasteiger partial charge in [0.1, 0.15) is 0 Å². The molecule has 0 aromatic heterocycles. The van der Waals surface area contributed by atoms with E-state index < -0.39 is 0 Å². The molecule has 1 saturated carbocycles. The van der Waals surface area contributed by atoms with Gasteiger partial charge < -0.3 is 0 Å². The fourth-order valence-electron chi connectivity index (χ4n) is 2.46. The maximum absolute atomic E-state index is 8.35. The van der Waals surface area contributed by atoms with Crippen LogP contribution in [0, 0.1) is 16.2 Å². The summed E-state index contributed by atoms with van der Waals surface area (Å²) >= 11 is 0. The number of nitrogens with one attached hydrogen (secondary N) is 2. The molecule has 1 fully saturated rings. The van der Waals surface area contributed by atoms with Gasteiger partial charge in [-0.15, -0.1) is 0 Å². The molecule has 1 rings (SSSR count). The molecule has 4 nitrogen and oxygen atoms in total. The summed E-state index contributed by atoms with van der Waals surface area (Å²) in [6.45, 7) is 4.68. The molecule has 4 heteroatoms. The first-order chi connectivity index (χ1) is 8.16. The number of rotatable bonds is 4. The van der Waals surface area contributed by atoms with Gasteiger partial charge in [-0.25, -0.2) is 20.4 Å². The molecule has 2 N–H and O–H groups in total. The van der Waals surface area contributed by atoms with E-state index in [0.717, 1.165) is 17.6 Å².